The second-order valence-corrected chi connectivity index (χ2v) is 5.82. The molecule has 1 heterocycles. The minimum Gasteiger partial charge on any atom is -0.491 e. The quantitative estimate of drug-likeness (QED) is 0.824. The number of likely N-dealkylation sites (tertiary alicyclic amines) is 1. The Labute approximate surface area is 121 Å². The van der Waals surface area contributed by atoms with Gasteiger partial charge in [-0.05, 0) is 38.1 Å². The Hall–Kier alpha value is -1.10. The third kappa shape index (κ3) is 4.78. The molecular weight excluding hydrogens is 252 g/mol. The summed E-state index contributed by atoms with van der Waals surface area (Å²) in [4.78, 5) is 2.36. The number of nitrogens with zero attached hydrogens (tertiary/aromatic N) is 1. The van der Waals surface area contributed by atoms with Crippen LogP contribution in [0.2, 0.25) is 0 Å². The third-order valence-electron chi connectivity index (χ3n) is 3.91. The summed E-state index contributed by atoms with van der Waals surface area (Å²) in [5, 5.41) is 13.5. The van der Waals surface area contributed by atoms with E-state index >= 15 is 0 Å². The molecule has 1 aromatic rings. The van der Waals surface area contributed by atoms with Gasteiger partial charge in [0.2, 0.25) is 0 Å². The van der Waals surface area contributed by atoms with Crippen LogP contribution in [0.4, 0.5) is 0 Å². The Morgan fingerprint density at radius 1 is 1.40 bits per heavy atom. The van der Waals surface area contributed by atoms with Gasteiger partial charge >= 0.3 is 0 Å². The highest BCUT2D eigenvalue weighted by Gasteiger charge is 2.24. The molecule has 4 nitrogen and oxygen atoms in total. The van der Waals surface area contributed by atoms with Crippen LogP contribution >= 0.6 is 0 Å². The molecule has 2 N–H and O–H groups in total. The predicted octanol–water partition coefficient (Wildman–Crippen LogP) is 1.36. The van der Waals surface area contributed by atoms with Crippen molar-refractivity contribution in [3.8, 4) is 5.75 Å². The first-order chi connectivity index (χ1) is 9.65. The van der Waals surface area contributed by atoms with Gasteiger partial charge in [-0.15, -0.1) is 0 Å². The van der Waals surface area contributed by atoms with Crippen molar-refractivity contribution in [3.05, 3.63) is 30.3 Å². The first-order valence-corrected chi connectivity index (χ1v) is 7.43. The van der Waals surface area contributed by atoms with Gasteiger partial charge in [0.15, 0.2) is 0 Å². The number of benzene rings is 1. The van der Waals surface area contributed by atoms with Gasteiger partial charge in [-0.3, -0.25) is 0 Å². The molecule has 1 saturated heterocycles. The summed E-state index contributed by atoms with van der Waals surface area (Å²) in [5.41, 5.74) is 0. The van der Waals surface area contributed by atoms with Crippen LogP contribution in [-0.4, -0.2) is 55.4 Å². The van der Waals surface area contributed by atoms with Crippen molar-refractivity contribution >= 4 is 0 Å². The van der Waals surface area contributed by atoms with E-state index in [2.05, 4.69) is 24.2 Å². The maximum Gasteiger partial charge on any atom is 0.119 e. The number of aliphatic hydroxyl groups excluding tert-OH is 1. The van der Waals surface area contributed by atoms with Gasteiger partial charge in [-0.2, -0.15) is 0 Å². The van der Waals surface area contributed by atoms with Crippen molar-refractivity contribution < 1.29 is 9.84 Å². The standard InChI is InChI=1S/C16H26N2O2/c1-13-11-18(2)9-8-16(13)17-10-14(19)12-20-15-6-4-3-5-7-15/h3-7,13-14,16-17,19H,8-12H2,1-2H3. The highest BCUT2D eigenvalue weighted by Crippen LogP contribution is 2.15. The van der Waals surface area contributed by atoms with E-state index in [9.17, 15) is 5.11 Å². The molecule has 4 heteroatoms. The van der Waals surface area contributed by atoms with Crippen LogP contribution in [0.5, 0.6) is 5.75 Å². The summed E-state index contributed by atoms with van der Waals surface area (Å²) < 4.78 is 5.55. The van der Waals surface area contributed by atoms with Gasteiger partial charge in [-0.1, -0.05) is 25.1 Å². The van der Waals surface area contributed by atoms with Crippen LogP contribution in [0.15, 0.2) is 30.3 Å². The summed E-state index contributed by atoms with van der Waals surface area (Å²) in [7, 11) is 2.16. The van der Waals surface area contributed by atoms with Crippen LogP contribution < -0.4 is 10.1 Å². The lowest BCUT2D eigenvalue weighted by Crippen LogP contribution is -2.49. The second-order valence-electron chi connectivity index (χ2n) is 5.82. The zero-order valence-electron chi connectivity index (χ0n) is 12.5. The molecule has 0 amide bonds. The number of rotatable bonds is 6. The topological polar surface area (TPSA) is 44.7 Å². The number of aliphatic hydroxyl groups is 1. The Bertz CT molecular complexity index is 385. The molecule has 0 bridgehead atoms. The van der Waals surface area contributed by atoms with Gasteiger partial charge in [0, 0.05) is 19.1 Å². The lowest BCUT2D eigenvalue weighted by atomic mass is 9.94. The molecule has 2 rings (SSSR count). The number of para-hydroxylation sites is 1. The van der Waals surface area contributed by atoms with E-state index in [-0.39, 0.29) is 0 Å². The van der Waals surface area contributed by atoms with Crippen molar-refractivity contribution in [1.29, 1.82) is 0 Å². The fourth-order valence-electron chi connectivity index (χ4n) is 2.71. The van der Waals surface area contributed by atoms with E-state index in [4.69, 9.17) is 4.74 Å². The number of hydrogen-bond acceptors (Lipinski definition) is 4. The van der Waals surface area contributed by atoms with Gasteiger partial charge in [0.05, 0.1) is 0 Å². The van der Waals surface area contributed by atoms with Gasteiger partial charge < -0.3 is 20.1 Å². The van der Waals surface area contributed by atoms with E-state index in [1.165, 1.54) is 0 Å². The van der Waals surface area contributed by atoms with Crippen LogP contribution in [-0.2, 0) is 0 Å². The average molecular weight is 278 g/mol. The summed E-state index contributed by atoms with van der Waals surface area (Å²) in [6, 6.07) is 10.1. The Kier molecular flexibility index (Phi) is 5.83. The molecule has 3 atom stereocenters. The molecule has 0 aromatic heterocycles. The molecule has 20 heavy (non-hydrogen) atoms. The molecule has 1 aromatic carbocycles. The highest BCUT2D eigenvalue weighted by atomic mass is 16.5. The van der Waals surface area contributed by atoms with Crippen molar-refractivity contribution in [1.82, 2.24) is 10.2 Å². The summed E-state index contributed by atoms with van der Waals surface area (Å²) in [6.45, 7) is 5.43. The fraction of sp³-hybridized carbons (Fsp3) is 0.625. The first kappa shape index (κ1) is 15.3. The SMILES string of the molecule is CC1CN(C)CCC1NCC(O)COc1ccccc1. The van der Waals surface area contributed by atoms with E-state index in [0.29, 0.717) is 25.1 Å². The zero-order valence-corrected chi connectivity index (χ0v) is 12.5. The van der Waals surface area contributed by atoms with Gasteiger partial charge in [0.1, 0.15) is 18.5 Å². The zero-order chi connectivity index (χ0) is 14.4. The largest absolute Gasteiger partial charge is 0.491 e. The monoisotopic (exact) mass is 278 g/mol. The second kappa shape index (κ2) is 7.62. The molecule has 0 spiro atoms. The number of hydrogen-bond donors (Lipinski definition) is 2. The summed E-state index contributed by atoms with van der Waals surface area (Å²) in [5.74, 6) is 1.43. The van der Waals surface area contributed by atoms with Crippen LogP contribution in [0, 0.1) is 5.92 Å². The molecule has 0 aliphatic carbocycles. The van der Waals surface area contributed by atoms with Gasteiger partial charge in [-0.25, -0.2) is 0 Å². The van der Waals surface area contributed by atoms with Gasteiger partial charge in [0.25, 0.3) is 0 Å². The Morgan fingerprint density at radius 3 is 2.85 bits per heavy atom. The van der Waals surface area contributed by atoms with Crippen LogP contribution in [0.1, 0.15) is 13.3 Å². The van der Waals surface area contributed by atoms with E-state index in [1.807, 2.05) is 30.3 Å². The van der Waals surface area contributed by atoms with E-state index < -0.39 is 6.10 Å². The maximum absolute atomic E-state index is 9.98. The van der Waals surface area contributed by atoms with E-state index in [0.717, 1.165) is 25.3 Å². The normalized spacial score (nSPS) is 25.4. The Balaban J connectivity index is 1.66. The minimum atomic E-state index is -0.470. The number of piperidine rings is 1. The van der Waals surface area contributed by atoms with Crippen molar-refractivity contribution in [3.63, 3.8) is 0 Å². The first-order valence-electron chi connectivity index (χ1n) is 7.43. The molecule has 0 saturated carbocycles. The maximum atomic E-state index is 9.98. The molecule has 1 aliphatic rings. The van der Waals surface area contributed by atoms with Crippen molar-refractivity contribution in [2.24, 2.45) is 5.92 Å². The van der Waals surface area contributed by atoms with Crippen LogP contribution in [0.25, 0.3) is 0 Å². The molecule has 1 aliphatic heterocycles. The van der Waals surface area contributed by atoms with Crippen molar-refractivity contribution in [2.75, 3.05) is 33.3 Å². The third-order valence-corrected chi connectivity index (χ3v) is 3.91. The number of nitrogens with one attached hydrogen (secondary N) is 1. The van der Waals surface area contributed by atoms with E-state index in [1.54, 1.807) is 0 Å². The summed E-state index contributed by atoms with van der Waals surface area (Å²) in [6.07, 6.45) is 0.672. The summed E-state index contributed by atoms with van der Waals surface area (Å²) >= 11 is 0. The van der Waals surface area contributed by atoms with Crippen molar-refractivity contribution in [2.45, 2.75) is 25.5 Å². The number of ether oxygens (including phenoxy) is 1. The lowest BCUT2D eigenvalue weighted by molar-refractivity contribution is 0.0933. The minimum absolute atomic E-state index is 0.331. The fourth-order valence-corrected chi connectivity index (χ4v) is 2.71. The Morgan fingerprint density at radius 2 is 2.15 bits per heavy atom. The molecule has 0 radical (unpaired) electrons. The average Bonchev–Trinajstić information content (AvgIpc) is 2.45. The molecular formula is C16H26N2O2. The van der Waals surface area contributed by atoms with Crippen LogP contribution in [0.3, 0.4) is 0 Å². The molecule has 1 fully saturated rings. The predicted molar refractivity (Wildman–Crippen MR) is 81.0 cm³/mol. The molecule has 3 unspecified atom stereocenters. The highest BCUT2D eigenvalue weighted by molar-refractivity contribution is 5.20. The molecule has 112 valence electrons. The smallest absolute Gasteiger partial charge is 0.119 e. The lowest BCUT2D eigenvalue weighted by Gasteiger charge is -2.35.